The zero-order valence-electron chi connectivity index (χ0n) is 18.2. The van der Waals surface area contributed by atoms with E-state index in [4.69, 9.17) is 4.74 Å². The van der Waals surface area contributed by atoms with Gasteiger partial charge in [0.15, 0.2) is 5.13 Å². The lowest BCUT2D eigenvalue weighted by Crippen LogP contribution is -2.59. The highest BCUT2D eigenvalue weighted by Gasteiger charge is 2.64. The van der Waals surface area contributed by atoms with Gasteiger partial charge in [-0.05, 0) is 31.1 Å². The monoisotopic (exact) mass is 435 g/mol. The number of rotatable bonds is 7. The number of likely N-dealkylation sites (tertiary alicyclic amines) is 1. The van der Waals surface area contributed by atoms with Gasteiger partial charge in [-0.15, -0.1) is 0 Å². The number of nitrogens with one attached hydrogen (secondary N) is 1. The van der Waals surface area contributed by atoms with E-state index in [9.17, 15) is 19.2 Å². The third-order valence-corrected chi connectivity index (χ3v) is 7.94. The number of anilines is 1. The molecule has 1 aromatic heterocycles. The third-order valence-electron chi connectivity index (χ3n) is 6.94. The van der Waals surface area contributed by atoms with Gasteiger partial charge in [-0.2, -0.15) is 0 Å². The molecule has 1 N–H and O–H groups in total. The summed E-state index contributed by atoms with van der Waals surface area (Å²) in [5, 5.41) is 3.04. The number of imide groups is 1. The smallest absolute Gasteiger partial charge is 0.350 e. The average molecular weight is 436 g/mol. The van der Waals surface area contributed by atoms with Gasteiger partial charge >= 0.3 is 5.97 Å². The number of carbonyl (C=O) groups is 4. The van der Waals surface area contributed by atoms with Crippen molar-refractivity contribution in [3.63, 3.8) is 0 Å². The molecule has 2 heterocycles. The first-order valence-corrected chi connectivity index (χ1v) is 11.1. The van der Waals surface area contributed by atoms with E-state index in [0.29, 0.717) is 28.5 Å². The molecule has 8 nitrogen and oxygen atoms in total. The van der Waals surface area contributed by atoms with Crippen LogP contribution in [0.1, 0.15) is 68.7 Å². The zero-order chi connectivity index (χ0) is 22.3. The van der Waals surface area contributed by atoms with Crippen molar-refractivity contribution in [1.82, 2.24) is 9.88 Å². The van der Waals surface area contributed by atoms with E-state index >= 15 is 0 Å². The van der Waals surface area contributed by atoms with Crippen molar-refractivity contribution in [2.45, 2.75) is 59.8 Å². The molecular weight excluding hydrogens is 406 g/mol. The standard InChI is InChI=1S/C21H29N3O5S/c1-6-13-15(17(27)29-5)30-19(22-13)23-14(25)8-7-11-24-16(26)12-9-10-21(4,18(24)28)20(12,2)3/h12H,6-11H2,1-5H3,(H,22,23,25). The maximum absolute atomic E-state index is 13.0. The highest BCUT2D eigenvalue weighted by molar-refractivity contribution is 7.17. The lowest BCUT2D eigenvalue weighted by atomic mass is 9.62. The number of hydrogen-bond acceptors (Lipinski definition) is 7. The highest BCUT2D eigenvalue weighted by atomic mass is 32.1. The van der Waals surface area contributed by atoms with E-state index in [1.807, 2.05) is 27.7 Å². The van der Waals surface area contributed by atoms with Crippen LogP contribution in [0.25, 0.3) is 0 Å². The van der Waals surface area contributed by atoms with Crippen LogP contribution in [0.4, 0.5) is 5.13 Å². The summed E-state index contributed by atoms with van der Waals surface area (Å²) >= 11 is 1.08. The maximum Gasteiger partial charge on any atom is 0.350 e. The van der Waals surface area contributed by atoms with Gasteiger partial charge in [0.2, 0.25) is 17.7 Å². The van der Waals surface area contributed by atoms with E-state index in [1.54, 1.807) is 0 Å². The molecule has 9 heteroatoms. The van der Waals surface area contributed by atoms with Crippen molar-refractivity contribution in [1.29, 1.82) is 0 Å². The molecule has 30 heavy (non-hydrogen) atoms. The molecule has 1 saturated carbocycles. The van der Waals surface area contributed by atoms with E-state index in [0.717, 1.165) is 24.2 Å². The molecule has 1 saturated heterocycles. The number of fused-ring (bicyclic) bond motifs is 2. The summed E-state index contributed by atoms with van der Waals surface area (Å²) in [7, 11) is 1.30. The number of aromatic nitrogens is 1. The molecule has 164 valence electrons. The second-order valence-corrected chi connectivity index (χ2v) is 9.73. The molecule has 2 aliphatic rings. The molecule has 2 bridgehead atoms. The Bertz CT molecular complexity index is 893. The molecule has 2 fully saturated rings. The Kier molecular flexibility index (Phi) is 6.04. The fraction of sp³-hybridized carbons (Fsp3) is 0.667. The van der Waals surface area contributed by atoms with Gasteiger partial charge in [0.05, 0.1) is 18.2 Å². The van der Waals surface area contributed by atoms with E-state index in [-0.39, 0.29) is 42.0 Å². The van der Waals surface area contributed by atoms with Gasteiger partial charge in [0.25, 0.3) is 0 Å². The van der Waals surface area contributed by atoms with Crippen LogP contribution in [0, 0.1) is 16.7 Å². The minimum absolute atomic E-state index is 0.115. The SMILES string of the molecule is CCc1nc(NC(=O)CCCN2C(=O)C3CCC(C)(C2=O)C3(C)C)sc1C(=O)OC. The van der Waals surface area contributed by atoms with Crippen LogP contribution in [-0.4, -0.2) is 47.2 Å². The lowest BCUT2D eigenvalue weighted by molar-refractivity contribution is -0.168. The van der Waals surface area contributed by atoms with Gasteiger partial charge in [-0.25, -0.2) is 9.78 Å². The van der Waals surface area contributed by atoms with Crippen molar-refractivity contribution < 1.29 is 23.9 Å². The fourth-order valence-corrected chi connectivity index (χ4v) is 5.58. The number of nitrogens with zero attached hydrogens (tertiary/aromatic N) is 2. The van der Waals surface area contributed by atoms with E-state index < -0.39 is 11.4 Å². The summed E-state index contributed by atoms with van der Waals surface area (Å²) in [4.78, 5) is 56.0. The fourth-order valence-electron chi connectivity index (χ4n) is 4.59. The van der Waals surface area contributed by atoms with Crippen molar-refractivity contribution in [2.24, 2.45) is 16.7 Å². The number of amides is 3. The summed E-state index contributed by atoms with van der Waals surface area (Å²) < 4.78 is 4.74. The van der Waals surface area contributed by atoms with Crippen molar-refractivity contribution in [2.75, 3.05) is 19.0 Å². The number of thiazole rings is 1. The second kappa shape index (κ2) is 8.09. The summed E-state index contributed by atoms with van der Waals surface area (Å²) in [5.74, 6) is -1.13. The molecule has 0 radical (unpaired) electrons. The Labute approximate surface area is 180 Å². The minimum Gasteiger partial charge on any atom is -0.465 e. The molecule has 1 aliphatic carbocycles. The van der Waals surface area contributed by atoms with Crippen molar-refractivity contribution >= 4 is 40.2 Å². The number of piperidine rings is 1. The summed E-state index contributed by atoms with van der Waals surface area (Å²) in [6.07, 6.45) is 2.53. The molecule has 1 aliphatic heterocycles. The summed E-state index contributed by atoms with van der Waals surface area (Å²) in [6, 6.07) is 0. The molecule has 2 unspecified atom stereocenters. The average Bonchev–Trinajstić information content (AvgIpc) is 3.18. The summed E-state index contributed by atoms with van der Waals surface area (Å²) in [5.41, 5.74) is -0.290. The van der Waals surface area contributed by atoms with Crippen molar-refractivity contribution in [3.8, 4) is 0 Å². The first-order chi connectivity index (χ1) is 14.1. The van der Waals surface area contributed by atoms with Crippen LogP contribution in [0.15, 0.2) is 0 Å². The predicted octanol–water partition coefficient (Wildman–Crippen LogP) is 3.02. The molecule has 1 aromatic rings. The molecular formula is C21H29N3O5S. The van der Waals surface area contributed by atoms with Gasteiger partial charge in [-0.1, -0.05) is 39.0 Å². The molecule has 3 amide bonds. The quantitative estimate of drug-likeness (QED) is 0.521. The van der Waals surface area contributed by atoms with Gasteiger partial charge in [0.1, 0.15) is 4.88 Å². The first kappa shape index (κ1) is 22.4. The number of aryl methyl sites for hydroxylation is 1. The van der Waals surface area contributed by atoms with Crippen LogP contribution in [0.5, 0.6) is 0 Å². The van der Waals surface area contributed by atoms with E-state index in [1.165, 1.54) is 12.0 Å². The Morgan fingerprint density at radius 2 is 2.00 bits per heavy atom. The van der Waals surface area contributed by atoms with Crippen LogP contribution in [-0.2, 0) is 25.5 Å². The predicted molar refractivity (Wildman–Crippen MR) is 112 cm³/mol. The number of ether oxygens (including phenoxy) is 1. The zero-order valence-corrected chi connectivity index (χ0v) is 19.0. The lowest BCUT2D eigenvalue weighted by Gasteiger charge is -2.47. The van der Waals surface area contributed by atoms with Gasteiger partial charge < -0.3 is 10.1 Å². The second-order valence-electron chi connectivity index (χ2n) is 8.73. The van der Waals surface area contributed by atoms with Gasteiger partial charge in [-0.3, -0.25) is 19.3 Å². The Balaban J connectivity index is 1.58. The van der Waals surface area contributed by atoms with Crippen LogP contribution in [0.3, 0.4) is 0 Å². The third kappa shape index (κ3) is 3.53. The Hall–Kier alpha value is -2.29. The van der Waals surface area contributed by atoms with Gasteiger partial charge in [0, 0.05) is 18.9 Å². The Morgan fingerprint density at radius 1 is 1.30 bits per heavy atom. The highest BCUT2D eigenvalue weighted by Crippen LogP contribution is 2.60. The largest absolute Gasteiger partial charge is 0.465 e. The normalized spacial score (nSPS) is 24.8. The molecule has 2 atom stereocenters. The van der Waals surface area contributed by atoms with Crippen molar-refractivity contribution in [3.05, 3.63) is 10.6 Å². The minimum atomic E-state index is -0.532. The summed E-state index contributed by atoms with van der Waals surface area (Å²) in [6.45, 7) is 8.07. The first-order valence-electron chi connectivity index (χ1n) is 10.3. The number of esters is 1. The Morgan fingerprint density at radius 3 is 2.63 bits per heavy atom. The molecule has 0 aromatic carbocycles. The molecule has 3 rings (SSSR count). The maximum atomic E-state index is 13.0. The van der Waals surface area contributed by atoms with Crippen LogP contribution < -0.4 is 5.32 Å². The number of carbonyl (C=O) groups excluding carboxylic acids is 4. The number of hydrogen-bond donors (Lipinski definition) is 1. The topological polar surface area (TPSA) is 106 Å². The van der Waals surface area contributed by atoms with Crippen LogP contribution >= 0.6 is 11.3 Å². The molecule has 0 spiro atoms. The van der Waals surface area contributed by atoms with E-state index in [2.05, 4.69) is 10.3 Å². The number of methoxy groups -OCH3 is 1. The van der Waals surface area contributed by atoms with Crippen LogP contribution in [0.2, 0.25) is 0 Å².